The number of nitrogens with zero attached hydrogens (tertiary/aromatic N) is 2. The van der Waals surface area contributed by atoms with Gasteiger partial charge in [0.2, 0.25) is 5.91 Å². The third kappa shape index (κ3) is 5.47. The van der Waals surface area contributed by atoms with Crippen molar-refractivity contribution in [1.29, 1.82) is 0 Å². The van der Waals surface area contributed by atoms with E-state index >= 15 is 0 Å². The summed E-state index contributed by atoms with van der Waals surface area (Å²) >= 11 is 0. The average Bonchev–Trinajstić information content (AvgIpc) is 2.75. The molecule has 3 rings (SSSR count). The van der Waals surface area contributed by atoms with Gasteiger partial charge in [0.25, 0.3) is 0 Å². The second-order valence-corrected chi connectivity index (χ2v) is 6.81. The maximum absolute atomic E-state index is 12.4. The predicted octanol–water partition coefficient (Wildman–Crippen LogP) is 2.56. The van der Waals surface area contributed by atoms with Crippen LogP contribution in [0.25, 0.3) is 0 Å². The Morgan fingerprint density at radius 1 is 0.964 bits per heavy atom. The number of piperazine rings is 1. The molecule has 2 aromatic carbocycles. The molecule has 0 aliphatic carbocycles. The fraction of sp³-hybridized carbons (Fsp3) is 0.409. The lowest BCUT2D eigenvalue weighted by molar-refractivity contribution is -0.138. The zero-order chi connectivity index (χ0) is 19.8. The van der Waals surface area contributed by atoms with Crippen LogP contribution in [0.4, 0.5) is 0 Å². The number of amides is 1. The Hall–Kier alpha value is -2.57. The number of hydrogen-bond acceptors (Lipinski definition) is 5. The van der Waals surface area contributed by atoms with Crippen molar-refractivity contribution < 1.29 is 19.0 Å². The molecule has 0 saturated carbocycles. The van der Waals surface area contributed by atoms with Crippen LogP contribution >= 0.6 is 0 Å². The van der Waals surface area contributed by atoms with Gasteiger partial charge in [-0.25, -0.2) is 0 Å². The van der Waals surface area contributed by atoms with E-state index in [0.29, 0.717) is 19.7 Å². The minimum absolute atomic E-state index is 0.0505. The highest BCUT2D eigenvalue weighted by atomic mass is 16.5. The number of rotatable bonds is 8. The van der Waals surface area contributed by atoms with Crippen molar-refractivity contribution in [3.05, 3.63) is 59.7 Å². The number of hydrogen-bond donors (Lipinski definition) is 0. The largest absolute Gasteiger partial charge is 0.497 e. The summed E-state index contributed by atoms with van der Waals surface area (Å²) in [5.41, 5.74) is 2.17. The van der Waals surface area contributed by atoms with Crippen LogP contribution in [-0.2, 0) is 22.7 Å². The molecule has 28 heavy (non-hydrogen) atoms. The first-order valence-electron chi connectivity index (χ1n) is 9.52. The summed E-state index contributed by atoms with van der Waals surface area (Å²) < 4.78 is 16.4. The molecule has 1 saturated heterocycles. The van der Waals surface area contributed by atoms with E-state index in [1.54, 1.807) is 14.2 Å². The van der Waals surface area contributed by atoms with E-state index in [4.69, 9.17) is 14.2 Å². The van der Waals surface area contributed by atoms with E-state index in [0.717, 1.165) is 42.3 Å². The maximum Gasteiger partial charge on any atom is 0.248 e. The van der Waals surface area contributed by atoms with Gasteiger partial charge in [-0.05, 0) is 23.8 Å². The van der Waals surface area contributed by atoms with Gasteiger partial charge in [0.1, 0.15) is 18.1 Å². The first kappa shape index (κ1) is 20.2. The van der Waals surface area contributed by atoms with Crippen LogP contribution in [0.15, 0.2) is 48.5 Å². The highest BCUT2D eigenvalue weighted by molar-refractivity contribution is 5.77. The molecule has 0 atom stereocenters. The molecule has 1 aliphatic rings. The lowest BCUT2D eigenvalue weighted by Crippen LogP contribution is -2.49. The summed E-state index contributed by atoms with van der Waals surface area (Å²) in [6, 6.07) is 15.7. The molecule has 1 amide bonds. The molecule has 0 unspecified atom stereocenters. The third-order valence-electron chi connectivity index (χ3n) is 4.94. The van der Waals surface area contributed by atoms with Gasteiger partial charge in [-0.3, -0.25) is 9.69 Å². The van der Waals surface area contributed by atoms with Crippen molar-refractivity contribution in [3.8, 4) is 11.5 Å². The van der Waals surface area contributed by atoms with E-state index < -0.39 is 0 Å². The zero-order valence-corrected chi connectivity index (χ0v) is 16.6. The van der Waals surface area contributed by atoms with E-state index in [2.05, 4.69) is 4.90 Å². The molecule has 0 N–H and O–H groups in total. The molecule has 6 nitrogen and oxygen atoms in total. The highest BCUT2D eigenvalue weighted by Crippen LogP contribution is 2.25. The molecule has 2 aromatic rings. The first-order valence-corrected chi connectivity index (χ1v) is 9.52. The minimum Gasteiger partial charge on any atom is -0.497 e. The van der Waals surface area contributed by atoms with Gasteiger partial charge in [0.05, 0.1) is 20.8 Å². The highest BCUT2D eigenvalue weighted by Gasteiger charge is 2.22. The predicted molar refractivity (Wildman–Crippen MR) is 108 cm³/mol. The van der Waals surface area contributed by atoms with Crippen LogP contribution in [0.1, 0.15) is 11.1 Å². The van der Waals surface area contributed by atoms with Crippen LogP contribution in [0.3, 0.4) is 0 Å². The van der Waals surface area contributed by atoms with Crippen molar-refractivity contribution >= 4 is 5.91 Å². The van der Waals surface area contributed by atoms with Gasteiger partial charge in [-0.1, -0.05) is 30.3 Å². The standard InChI is InChI=1S/C22H28N2O4/c1-26-20-8-9-21(27-2)19(14-20)15-23-10-12-24(13-11-23)22(25)17-28-16-18-6-4-3-5-7-18/h3-9,14H,10-13,15-17H2,1-2H3. The molecule has 0 bridgehead atoms. The van der Waals surface area contributed by atoms with Gasteiger partial charge in [0.15, 0.2) is 0 Å². The van der Waals surface area contributed by atoms with Crippen molar-refractivity contribution in [3.63, 3.8) is 0 Å². The quantitative estimate of drug-likeness (QED) is 0.700. The summed E-state index contributed by atoms with van der Waals surface area (Å²) in [5, 5.41) is 0. The Balaban J connectivity index is 1.44. The van der Waals surface area contributed by atoms with E-state index in [1.165, 1.54) is 0 Å². The van der Waals surface area contributed by atoms with Crippen LogP contribution < -0.4 is 9.47 Å². The van der Waals surface area contributed by atoms with E-state index in [1.807, 2.05) is 53.4 Å². The smallest absolute Gasteiger partial charge is 0.248 e. The van der Waals surface area contributed by atoms with Gasteiger partial charge in [0, 0.05) is 38.3 Å². The van der Waals surface area contributed by atoms with Crippen molar-refractivity contribution in [2.45, 2.75) is 13.2 Å². The van der Waals surface area contributed by atoms with Gasteiger partial charge < -0.3 is 19.1 Å². The minimum atomic E-state index is 0.0505. The van der Waals surface area contributed by atoms with Crippen LogP contribution in [0.2, 0.25) is 0 Å². The lowest BCUT2D eigenvalue weighted by Gasteiger charge is -2.35. The molecule has 150 valence electrons. The molecular formula is C22H28N2O4. The fourth-order valence-corrected chi connectivity index (χ4v) is 3.32. The summed E-state index contributed by atoms with van der Waals surface area (Å²) in [6.45, 7) is 4.42. The van der Waals surface area contributed by atoms with Gasteiger partial charge in [-0.2, -0.15) is 0 Å². The molecule has 1 aliphatic heterocycles. The van der Waals surface area contributed by atoms with Crippen molar-refractivity contribution in [1.82, 2.24) is 9.80 Å². The normalized spacial score (nSPS) is 14.7. The van der Waals surface area contributed by atoms with Crippen LogP contribution in [0.5, 0.6) is 11.5 Å². The SMILES string of the molecule is COc1ccc(OC)c(CN2CCN(C(=O)COCc3ccccc3)CC2)c1. The number of carbonyl (C=O) groups excluding carboxylic acids is 1. The number of carbonyl (C=O) groups is 1. The molecule has 0 aromatic heterocycles. The molecular weight excluding hydrogens is 356 g/mol. The number of benzene rings is 2. The number of methoxy groups -OCH3 is 2. The molecule has 1 fully saturated rings. The lowest BCUT2D eigenvalue weighted by atomic mass is 10.1. The Labute approximate surface area is 166 Å². The van der Waals surface area contributed by atoms with Gasteiger partial charge >= 0.3 is 0 Å². The zero-order valence-electron chi connectivity index (χ0n) is 16.6. The second kappa shape index (κ2) is 10.1. The Kier molecular flexibility index (Phi) is 7.28. The third-order valence-corrected chi connectivity index (χ3v) is 4.94. The average molecular weight is 384 g/mol. The maximum atomic E-state index is 12.4. The monoisotopic (exact) mass is 384 g/mol. The molecule has 0 spiro atoms. The van der Waals surface area contributed by atoms with Crippen molar-refractivity contribution in [2.24, 2.45) is 0 Å². The topological polar surface area (TPSA) is 51.2 Å². The molecule has 1 heterocycles. The summed E-state index contributed by atoms with van der Waals surface area (Å²) in [4.78, 5) is 16.6. The molecule has 0 radical (unpaired) electrons. The fourth-order valence-electron chi connectivity index (χ4n) is 3.32. The molecule has 6 heteroatoms. The van der Waals surface area contributed by atoms with Gasteiger partial charge in [-0.15, -0.1) is 0 Å². The summed E-state index contributed by atoms with van der Waals surface area (Å²) in [5.74, 6) is 1.73. The van der Waals surface area contributed by atoms with E-state index in [-0.39, 0.29) is 12.5 Å². The number of ether oxygens (including phenoxy) is 3. The Morgan fingerprint density at radius 3 is 2.39 bits per heavy atom. The summed E-state index contributed by atoms with van der Waals surface area (Å²) in [7, 11) is 3.34. The van der Waals surface area contributed by atoms with Crippen LogP contribution in [-0.4, -0.2) is 62.7 Å². The van der Waals surface area contributed by atoms with E-state index in [9.17, 15) is 4.79 Å². The van der Waals surface area contributed by atoms with Crippen LogP contribution in [0, 0.1) is 0 Å². The Morgan fingerprint density at radius 2 is 1.71 bits per heavy atom. The van der Waals surface area contributed by atoms with Crippen molar-refractivity contribution in [2.75, 3.05) is 47.0 Å². The summed E-state index contributed by atoms with van der Waals surface area (Å²) in [6.07, 6.45) is 0. The first-order chi connectivity index (χ1) is 13.7. The second-order valence-electron chi connectivity index (χ2n) is 6.81. The Bertz CT molecular complexity index is 758.